The van der Waals surface area contributed by atoms with Crippen LogP contribution < -0.4 is 0 Å². The van der Waals surface area contributed by atoms with Gasteiger partial charge in [0, 0.05) is 30.7 Å². The summed E-state index contributed by atoms with van der Waals surface area (Å²) in [6.45, 7) is 2.25. The van der Waals surface area contributed by atoms with E-state index in [0.717, 1.165) is 12.5 Å². The molecule has 0 saturated carbocycles. The standard InChI is InChI=1S/C23H24N2/c1-2-6-20-14-22-11-10-17(13-19(20)5-1)15-25(22)16-21-8-3-7-18-9-4-12-24-23(18)21/h1-9,12,17,22H,10-11,13-16H2/t17-,22-/m1/s1. The highest BCUT2D eigenvalue weighted by Crippen LogP contribution is 2.33. The summed E-state index contributed by atoms with van der Waals surface area (Å²) < 4.78 is 0. The molecule has 1 aromatic heterocycles. The Balaban J connectivity index is 1.47. The molecule has 3 aliphatic rings. The first kappa shape index (κ1) is 15.1. The van der Waals surface area contributed by atoms with E-state index in [1.165, 1.54) is 48.7 Å². The van der Waals surface area contributed by atoms with E-state index < -0.39 is 0 Å². The molecule has 25 heavy (non-hydrogen) atoms. The number of benzene rings is 2. The number of aromatic nitrogens is 1. The van der Waals surface area contributed by atoms with Crippen molar-refractivity contribution in [2.75, 3.05) is 6.54 Å². The van der Waals surface area contributed by atoms with E-state index >= 15 is 0 Å². The second kappa shape index (κ2) is 6.27. The molecule has 126 valence electrons. The molecule has 2 aliphatic heterocycles. The van der Waals surface area contributed by atoms with Gasteiger partial charge in [-0.1, -0.05) is 48.5 Å². The highest BCUT2D eigenvalue weighted by molar-refractivity contribution is 5.81. The molecule has 2 nitrogen and oxygen atoms in total. The minimum absolute atomic E-state index is 0.664. The largest absolute Gasteiger partial charge is 0.295 e. The highest BCUT2D eigenvalue weighted by Gasteiger charge is 2.31. The molecular formula is C23H24N2. The van der Waals surface area contributed by atoms with Crippen LogP contribution in [0.3, 0.4) is 0 Å². The van der Waals surface area contributed by atoms with Gasteiger partial charge in [-0.2, -0.15) is 0 Å². The van der Waals surface area contributed by atoms with Crippen molar-refractivity contribution in [1.82, 2.24) is 9.88 Å². The van der Waals surface area contributed by atoms with Crippen molar-refractivity contribution in [2.45, 2.75) is 38.3 Å². The zero-order chi connectivity index (χ0) is 16.6. The van der Waals surface area contributed by atoms with Gasteiger partial charge in [-0.05, 0) is 54.4 Å². The molecule has 0 amide bonds. The van der Waals surface area contributed by atoms with Crippen LogP contribution in [0.15, 0.2) is 60.8 Å². The molecular weight excluding hydrogens is 304 g/mol. The molecule has 6 rings (SSSR count). The summed E-state index contributed by atoms with van der Waals surface area (Å²) >= 11 is 0. The minimum Gasteiger partial charge on any atom is -0.295 e. The number of hydrogen-bond donors (Lipinski definition) is 0. The number of piperidine rings is 1. The quantitative estimate of drug-likeness (QED) is 0.683. The van der Waals surface area contributed by atoms with Crippen molar-refractivity contribution in [2.24, 2.45) is 5.92 Å². The first-order valence-corrected chi connectivity index (χ1v) is 9.50. The van der Waals surface area contributed by atoms with Gasteiger partial charge in [-0.15, -0.1) is 0 Å². The Labute approximate surface area is 149 Å². The molecule has 3 heterocycles. The summed E-state index contributed by atoms with van der Waals surface area (Å²) in [5.41, 5.74) is 5.70. The van der Waals surface area contributed by atoms with Gasteiger partial charge in [-0.25, -0.2) is 0 Å². The van der Waals surface area contributed by atoms with Crippen LogP contribution in [-0.4, -0.2) is 22.5 Å². The lowest BCUT2D eigenvalue weighted by molar-refractivity contribution is 0.0942. The maximum atomic E-state index is 4.66. The topological polar surface area (TPSA) is 16.1 Å². The number of rotatable bonds is 2. The predicted molar refractivity (Wildman–Crippen MR) is 103 cm³/mol. The molecule has 0 spiro atoms. The van der Waals surface area contributed by atoms with E-state index in [-0.39, 0.29) is 0 Å². The van der Waals surface area contributed by atoms with Gasteiger partial charge >= 0.3 is 0 Å². The molecule has 2 heteroatoms. The fourth-order valence-corrected chi connectivity index (χ4v) is 4.81. The van der Waals surface area contributed by atoms with Gasteiger partial charge in [0.1, 0.15) is 0 Å². The van der Waals surface area contributed by atoms with Crippen LogP contribution >= 0.6 is 0 Å². The molecule has 0 unspecified atom stereocenters. The monoisotopic (exact) mass is 328 g/mol. The first-order chi connectivity index (χ1) is 12.4. The Bertz CT molecular complexity index is 896. The summed E-state index contributed by atoms with van der Waals surface area (Å²) in [4.78, 5) is 7.39. The highest BCUT2D eigenvalue weighted by atomic mass is 15.2. The van der Waals surface area contributed by atoms with Crippen LogP contribution in [0.2, 0.25) is 0 Å². The fraction of sp³-hybridized carbons (Fsp3) is 0.348. The van der Waals surface area contributed by atoms with Crippen molar-refractivity contribution < 1.29 is 0 Å². The van der Waals surface area contributed by atoms with Crippen molar-refractivity contribution in [3.63, 3.8) is 0 Å². The zero-order valence-corrected chi connectivity index (χ0v) is 14.6. The van der Waals surface area contributed by atoms with E-state index in [9.17, 15) is 0 Å². The molecule has 0 N–H and O–H groups in total. The summed E-state index contributed by atoms with van der Waals surface area (Å²) in [6.07, 6.45) is 7.07. The molecule has 0 radical (unpaired) electrons. The molecule has 2 aromatic carbocycles. The molecule has 1 saturated heterocycles. The number of fused-ring (bicyclic) bond motifs is 3. The van der Waals surface area contributed by atoms with Crippen molar-refractivity contribution in [3.8, 4) is 0 Å². The average molecular weight is 328 g/mol. The lowest BCUT2D eigenvalue weighted by atomic mass is 9.80. The Morgan fingerprint density at radius 2 is 1.72 bits per heavy atom. The molecule has 2 bridgehead atoms. The Hall–Kier alpha value is -2.19. The normalized spacial score (nSPS) is 23.2. The Kier molecular flexibility index (Phi) is 3.79. The third kappa shape index (κ3) is 2.85. The minimum atomic E-state index is 0.664. The molecule has 2 atom stereocenters. The van der Waals surface area contributed by atoms with Gasteiger partial charge in [-0.3, -0.25) is 9.88 Å². The fourth-order valence-electron chi connectivity index (χ4n) is 4.81. The van der Waals surface area contributed by atoms with Crippen LogP contribution in [0.25, 0.3) is 10.9 Å². The van der Waals surface area contributed by atoms with E-state index in [4.69, 9.17) is 0 Å². The third-order valence-electron chi connectivity index (χ3n) is 6.09. The second-order valence-electron chi connectivity index (χ2n) is 7.70. The van der Waals surface area contributed by atoms with E-state index in [2.05, 4.69) is 58.4 Å². The number of nitrogens with zero attached hydrogens (tertiary/aromatic N) is 2. The molecule has 1 fully saturated rings. The van der Waals surface area contributed by atoms with Gasteiger partial charge < -0.3 is 0 Å². The van der Waals surface area contributed by atoms with Crippen molar-refractivity contribution in [1.29, 1.82) is 0 Å². The summed E-state index contributed by atoms with van der Waals surface area (Å²) in [7, 11) is 0. The maximum Gasteiger partial charge on any atom is 0.0746 e. The van der Waals surface area contributed by atoms with Crippen LogP contribution in [0.4, 0.5) is 0 Å². The van der Waals surface area contributed by atoms with Crippen LogP contribution in [0.5, 0.6) is 0 Å². The SMILES string of the molecule is c1ccc2c(c1)C[C@H]1CC[C@H](C2)N(Cc2cccc3cccnc23)C1. The van der Waals surface area contributed by atoms with E-state index in [1.54, 1.807) is 11.1 Å². The number of para-hydroxylation sites is 1. The summed E-state index contributed by atoms with van der Waals surface area (Å²) in [5.74, 6) is 0.792. The first-order valence-electron chi connectivity index (χ1n) is 9.50. The summed E-state index contributed by atoms with van der Waals surface area (Å²) in [6, 6.07) is 20.6. The molecule has 1 aliphatic carbocycles. The lowest BCUT2D eigenvalue weighted by Gasteiger charge is -2.42. The number of pyridine rings is 1. The smallest absolute Gasteiger partial charge is 0.0746 e. The van der Waals surface area contributed by atoms with Crippen molar-refractivity contribution in [3.05, 3.63) is 77.5 Å². The van der Waals surface area contributed by atoms with Crippen LogP contribution in [0, 0.1) is 5.92 Å². The summed E-state index contributed by atoms with van der Waals surface area (Å²) in [5, 5.41) is 1.25. The van der Waals surface area contributed by atoms with Crippen molar-refractivity contribution >= 4 is 10.9 Å². The predicted octanol–water partition coefficient (Wildman–Crippen LogP) is 4.61. The Morgan fingerprint density at radius 3 is 2.64 bits per heavy atom. The van der Waals surface area contributed by atoms with E-state index in [1.807, 2.05) is 12.3 Å². The maximum absolute atomic E-state index is 4.66. The number of hydrogen-bond acceptors (Lipinski definition) is 2. The van der Waals surface area contributed by atoms with Gasteiger partial charge in [0.25, 0.3) is 0 Å². The van der Waals surface area contributed by atoms with Gasteiger partial charge in [0.2, 0.25) is 0 Å². The van der Waals surface area contributed by atoms with Crippen LogP contribution in [0.1, 0.15) is 29.5 Å². The average Bonchev–Trinajstić information content (AvgIpc) is 2.63. The third-order valence-corrected chi connectivity index (χ3v) is 6.09. The molecule has 3 aromatic rings. The van der Waals surface area contributed by atoms with Crippen LogP contribution in [-0.2, 0) is 19.4 Å². The Morgan fingerprint density at radius 1 is 0.880 bits per heavy atom. The van der Waals surface area contributed by atoms with Gasteiger partial charge in [0.15, 0.2) is 0 Å². The second-order valence-corrected chi connectivity index (χ2v) is 7.70. The van der Waals surface area contributed by atoms with E-state index in [0.29, 0.717) is 6.04 Å². The zero-order valence-electron chi connectivity index (χ0n) is 14.6. The van der Waals surface area contributed by atoms with Gasteiger partial charge in [0.05, 0.1) is 5.52 Å². The lowest BCUT2D eigenvalue weighted by Crippen LogP contribution is -2.46.